The van der Waals surface area contributed by atoms with Gasteiger partial charge in [0, 0.05) is 52.0 Å². The van der Waals surface area contributed by atoms with Crippen molar-refractivity contribution in [2.24, 2.45) is 7.05 Å². The number of aromatic nitrogens is 4. The third-order valence-electron chi connectivity index (χ3n) is 5.74. The van der Waals surface area contributed by atoms with Crippen molar-refractivity contribution in [2.45, 2.75) is 31.7 Å². The number of fused-ring (bicyclic) bond motifs is 3. The maximum Gasteiger partial charge on any atom is 0.274 e. The Morgan fingerprint density at radius 2 is 1.93 bits per heavy atom. The molecule has 0 unspecified atom stereocenters. The Bertz CT molecular complexity index is 1090. The molecule has 1 N–H and O–H groups in total. The van der Waals surface area contributed by atoms with E-state index in [4.69, 9.17) is 4.98 Å². The monoisotopic (exact) mass is 433 g/mol. The van der Waals surface area contributed by atoms with Crippen molar-refractivity contribution in [3.8, 4) is 11.4 Å². The van der Waals surface area contributed by atoms with Crippen LogP contribution in [0.25, 0.3) is 11.4 Å². The fourth-order valence-corrected chi connectivity index (χ4v) is 5.00. The largest absolute Gasteiger partial charge is 0.351 e. The van der Waals surface area contributed by atoms with E-state index in [1.807, 2.05) is 13.2 Å². The van der Waals surface area contributed by atoms with Gasteiger partial charge in [0.25, 0.3) is 5.91 Å². The van der Waals surface area contributed by atoms with Gasteiger partial charge in [-0.15, -0.1) is 0 Å². The highest BCUT2D eigenvalue weighted by atomic mass is 32.2. The molecule has 1 saturated heterocycles. The first-order valence-corrected chi connectivity index (χ1v) is 11.9. The van der Waals surface area contributed by atoms with Gasteiger partial charge in [-0.3, -0.25) is 9.48 Å². The molecule has 2 aromatic rings. The van der Waals surface area contributed by atoms with Crippen LogP contribution in [0, 0.1) is 0 Å². The Morgan fingerprint density at radius 1 is 1.23 bits per heavy atom. The van der Waals surface area contributed by atoms with Gasteiger partial charge in [-0.2, -0.15) is 5.10 Å². The first-order valence-electron chi connectivity index (χ1n) is 10.0. The van der Waals surface area contributed by atoms with Crippen molar-refractivity contribution in [2.75, 3.05) is 38.8 Å². The zero-order chi connectivity index (χ0) is 21.6. The molecule has 0 aromatic carbocycles. The smallest absolute Gasteiger partial charge is 0.274 e. The van der Waals surface area contributed by atoms with E-state index in [-0.39, 0.29) is 11.9 Å². The zero-order valence-electron chi connectivity index (χ0n) is 17.7. The number of amides is 1. The summed E-state index contributed by atoms with van der Waals surface area (Å²) in [6.45, 7) is 0.979. The number of piperidine rings is 1. The second-order valence-corrected chi connectivity index (χ2v) is 10.1. The Hall–Kier alpha value is -2.53. The molecule has 2 aromatic heterocycles. The van der Waals surface area contributed by atoms with E-state index < -0.39 is 10.0 Å². The number of aryl methyl sites for hydroxylation is 2. The van der Waals surface area contributed by atoms with E-state index in [0.29, 0.717) is 37.6 Å². The molecule has 162 valence electrons. The molecule has 1 aliphatic carbocycles. The number of nitrogens with zero attached hydrogens (tertiary/aromatic N) is 6. The minimum Gasteiger partial charge on any atom is -0.351 e. The van der Waals surface area contributed by atoms with Gasteiger partial charge in [0.1, 0.15) is 0 Å². The van der Waals surface area contributed by atoms with E-state index >= 15 is 0 Å². The molecule has 11 heteroatoms. The first kappa shape index (κ1) is 20.7. The summed E-state index contributed by atoms with van der Waals surface area (Å²) in [4.78, 5) is 23.3. The Kier molecular flexibility index (Phi) is 5.27. The number of carbonyl (C=O) groups excluding carboxylic acids is 1. The average molecular weight is 434 g/mol. The summed E-state index contributed by atoms with van der Waals surface area (Å²) in [6, 6.07) is 0.113. The first-order chi connectivity index (χ1) is 14.1. The van der Waals surface area contributed by atoms with Crippen LogP contribution in [0.5, 0.6) is 0 Å². The lowest BCUT2D eigenvalue weighted by molar-refractivity contribution is 0.0820. The lowest BCUT2D eigenvalue weighted by Gasteiger charge is -2.30. The summed E-state index contributed by atoms with van der Waals surface area (Å²) >= 11 is 0. The molecule has 1 fully saturated rings. The summed E-state index contributed by atoms with van der Waals surface area (Å²) < 4.78 is 26.6. The van der Waals surface area contributed by atoms with Gasteiger partial charge in [0.05, 0.1) is 17.6 Å². The van der Waals surface area contributed by atoms with E-state index in [9.17, 15) is 13.2 Å². The number of nitrogens with one attached hydrogen (secondary N) is 1. The normalized spacial score (nSPS) is 17.3. The molecule has 0 atom stereocenters. The van der Waals surface area contributed by atoms with Crippen molar-refractivity contribution >= 4 is 21.9 Å². The summed E-state index contributed by atoms with van der Waals surface area (Å²) in [5, 5.41) is 7.82. The number of rotatable bonds is 4. The van der Waals surface area contributed by atoms with Gasteiger partial charge in [-0.05, 0) is 31.2 Å². The molecule has 4 rings (SSSR count). The molecular formula is C19H27N7O3S. The Balaban J connectivity index is 1.58. The number of anilines is 1. The van der Waals surface area contributed by atoms with Crippen LogP contribution >= 0.6 is 0 Å². The van der Waals surface area contributed by atoms with Crippen LogP contribution in [0.2, 0.25) is 0 Å². The summed E-state index contributed by atoms with van der Waals surface area (Å²) in [7, 11) is 2.12. The van der Waals surface area contributed by atoms with Crippen LogP contribution < -0.4 is 5.32 Å². The second-order valence-electron chi connectivity index (χ2n) is 8.15. The van der Waals surface area contributed by atoms with Gasteiger partial charge >= 0.3 is 0 Å². The summed E-state index contributed by atoms with van der Waals surface area (Å²) in [6.07, 6.45) is 5.96. The number of hydrogen-bond donors (Lipinski definition) is 1. The Labute approximate surface area is 176 Å². The summed E-state index contributed by atoms with van der Waals surface area (Å²) in [5.74, 6) is 0.404. The van der Waals surface area contributed by atoms with E-state index in [0.717, 1.165) is 35.4 Å². The van der Waals surface area contributed by atoms with Crippen LogP contribution in [0.3, 0.4) is 0 Å². The molecule has 0 spiro atoms. The van der Waals surface area contributed by atoms with Gasteiger partial charge in [0.15, 0.2) is 5.69 Å². The third kappa shape index (κ3) is 3.79. The molecule has 0 bridgehead atoms. The fourth-order valence-electron chi connectivity index (χ4n) is 4.12. The number of carbonyl (C=O) groups is 1. The predicted molar refractivity (Wildman–Crippen MR) is 113 cm³/mol. The number of sulfonamides is 1. The van der Waals surface area contributed by atoms with Crippen LogP contribution in [0.4, 0.5) is 5.95 Å². The van der Waals surface area contributed by atoms with Crippen LogP contribution in [0.1, 0.15) is 34.5 Å². The molecule has 1 aliphatic heterocycles. The highest BCUT2D eigenvalue weighted by Crippen LogP contribution is 2.34. The van der Waals surface area contributed by atoms with Crippen molar-refractivity contribution < 1.29 is 13.2 Å². The lowest BCUT2D eigenvalue weighted by Crippen LogP contribution is -2.42. The zero-order valence-corrected chi connectivity index (χ0v) is 18.5. The highest BCUT2D eigenvalue weighted by Gasteiger charge is 2.30. The Morgan fingerprint density at radius 3 is 2.57 bits per heavy atom. The topological polar surface area (TPSA) is 113 Å². The van der Waals surface area contributed by atoms with Crippen LogP contribution in [-0.2, 0) is 29.9 Å². The molecule has 0 radical (unpaired) electrons. The standard InChI is InChI=1S/C19H27N7O3S/c1-24(2)18(27)16-14-6-5-12-11-20-19(22-15(12)17(14)25(3)23-16)21-13-7-9-26(10-8-13)30(4,28)29/h11,13H,5-10H2,1-4H3,(H,20,21,22). The highest BCUT2D eigenvalue weighted by molar-refractivity contribution is 7.88. The maximum absolute atomic E-state index is 12.5. The van der Waals surface area contributed by atoms with E-state index in [2.05, 4.69) is 15.4 Å². The van der Waals surface area contributed by atoms with Crippen LogP contribution in [0.15, 0.2) is 6.20 Å². The number of hydrogen-bond acceptors (Lipinski definition) is 7. The van der Waals surface area contributed by atoms with Crippen molar-refractivity contribution in [1.29, 1.82) is 0 Å². The predicted octanol–water partition coefficient (Wildman–Crippen LogP) is 0.513. The van der Waals surface area contributed by atoms with Gasteiger partial charge < -0.3 is 10.2 Å². The minimum atomic E-state index is -3.15. The second kappa shape index (κ2) is 7.62. The molecule has 30 heavy (non-hydrogen) atoms. The van der Waals surface area contributed by atoms with Gasteiger partial charge in [-0.25, -0.2) is 22.7 Å². The SMILES string of the molecule is CN(C)C(=O)c1nn(C)c2c1CCc1cnc(NC3CCN(S(C)(=O)=O)CC3)nc1-2. The molecule has 0 saturated carbocycles. The van der Waals surface area contributed by atoms with Gasteiger partial charge in [-0.1, -0.05) is 0 Å². The van der Waals surface area contributed by atoms with Crippen molar-refractivity contribution in [3.63, 3.8) is 0 Å². The summed E-state index contributed by atoms with van der Waals surface area (Å²) in [5.41, 5.74) is 4.10. The lowest BCUT2D eigenvalue weighted by atomic mass is 9.93. The molecule has 1 amide bonds. The molecule has 10 nitrogen and oxygen atoms in total. The minimum absolute atomic E-state index is 0.111. The van der Waals surface area contributed by atoms with E-state index in [1.165, 1.54) is 15.5 Å². The van der Waals surface area contributed by atoms with Crippen molar-refractivity contribution in [1.82, 2.24) is 29.0 Å². The third-order valence-corrected chi connectivity index (χ3v) is 7.05. The maximum atomic E-state index is 12.5. The fraction of sp³-hybridized carbons (Fsp3) is 0.579. The molecular weight excluding hydrogens is 406 g/mol. The van der Waals surface area contributed by atoms with Crippen molar-refractivity contribution in [3.05, 3.63) is 23.0 Å². The van der Waals surface area contributed by atoms with E-state index in [1.54, 1.807) is 18.8 Å². The average Bonchev–Trinajstić information content (AvgIpc) is 3.04. The molecule has 3 heterocycles. The molecule has 2 aliphatic rings. The quantitative estimate of drug-likeness (QED) is 0.747. The van der Waals surface area contributed by atoms with Gasteiger partial charge in [0.2, 0.25) is 16.0 Å². The van der Waals surface area contributed by atoms with Crippen LogP contribution in [-0.4, -0.2) is 82.8 Å².